The molecule has 1 aromatic carbocycles. The summed E-state index contributed by atoms with van der Waals surface area (Å²) in [4.78, 5) is 60.8. The highest BCUT2D eigenvalue weighted by Crippen LogP contribution is 2.45. The number of pyridine rings is 1. The predicted molar refractivity (Wildman–Crippen MR) is 186 cm³/mol. The quantitative estimate of drug-likeness (QED) is 0.380. The molecular weight excluding hydrogens is 662 g/mol. The van der Waals surface area contributed by atoms with Gasteiger partial charge in [-0.1, -0.05) is 51.1 Å². The minimum Gasteiger partial charge on any atom is -0.472 e. The second kappa shape index (κ2) is 13.7. The fraction of sp³-hybridized carbons (Fsp3) is 0.528. The van der Waals surface area contributed by atoms with Crippen molar-refractivity contribution in [3.8, 4) is 5.88 Å². The zero-order chi connectivity index (χ0) is 35.8. The number of fused-ring (bicyclic) bond motifs is 3. The van der Waals surface area contributed by atoms with Gasteiger partial charge in [-0.3, -0.25) is 19.1 Å². The van der Waals surface area contributed by atoms with Gasteiger partial charge in [-0.05, 0) is 67.0 Å². The third-order valence-corrected chi connectivity index (χ3v) is 11.6. The van der Waals surface area contributed by atoms with Crippen LogP contribution in [0, 0.1) is 11.3 Å². The van der Waals surface area contributed by atoms with Crippen molar-refractivity contribution < 1.29 is 37.1 Å². The molecule has 13 nitrogen and oxygen atoms in total. The highest BCUT2D eigenvalue weighted by Gasteiger charge is 2.62. The van der Waals surface area contributed by atoms with Gasteiger partial charge in [0.15, 0.2) is 0 Å². The third kappa shape index (κ3) is 7.49. The number of sulfonamides is 1. The van der Waals surface area contributed by atoms with E-state index in [0.717, 1.165) is 29.2 Å². The Morgan fingerprint density at radius 2 is 1.94 bits per heavy atom. The van der Waals surface area contributed by atoms with Gasteiger partial charge in [-0.25, -0.2) is 18.2 Å². The van der Waals surface area contributed by atoms with E-state index in [1.807, 2.05) is 30.3 Å². The van der Waals surface area contributed by atoms with Crippen LogP contribution in [-0.2, 0) is 29.1 Å². The average Bonchev–Trinajstić information content (AvgIpc) is 3.99. The van der Waals surface area contributed by atoms with Crippen molar-refractivity contribution in [3.63, 3.8) is 0 Å². The minimum absolute atomic E-state index is 0.0158. The standard InChI is InChI=1S/C36H45N5O8S/c1-5-24-20-36(24,33(44)40-50(46,47)26-13-14-26)39-30(42)28-19-25-21-41(28)32(43)29(35(2,3)4)38-34(45)48-17-9-7-6-8-10-22-11-12-23-15-16-37-31(49-25)27(23)18-22/h5,8,10-12,15-16,18,24-26,28-29H,1,6-7,9,13-14,17,19-21H2,2-4H3,(H,38,45)(H,39,42)(H,40,44)/b10-8+/t24-,25-,28+,29-,36?/m1/s1. The fourth-order valence-electron chi connectivity index (χ4n) is 6.63. The summed E-state index contributed by atoms with van der Waals surface area (Å²) in [6, 6.07) is 5.64. The molecule has 268 valence electrons. The maximum atomic E-state index is 14.4. The molecule has 4 bridgehead atoms. The van der Waals surface area contributed by atoms with Crippen LogP contribution in [0.15, 0.2) is 49.2 Å². The number of carbonyl (C=O) groups is 4. The second-order valence-corrected chi connectivity index (χ2v) is 16.7. The molecule has 6 rings (SSSR count). The van der Waals surface area contributed by atoms with Gasteiger partial charge >= 0.3 is 6.09 Å². The first-order valence-corrected chi connectivity index (χ1v) is 18.7. The number of rotatable bonds is 6. The van der Waals surface area contributed by atoms with Crippen LogP contribution >= 0.6 is 0 Å². The van der Waals surface area contributed by atoms with Gasteiger partial charge in [0.25, 0.3) is 5.91 Å². The minimum atomic E-state index is -3.88. The van der Waals surface area contributed by atoms with Crippen LogP contribution in [0.5, 0.6) is 5.88 Å². The Bertz CT molecular complexity index is 1830. The van der Waals surface area contributed by atoms with E-state index in [-0.39, 0.29) is 26.0 Å². The Labute approximate surface area is 292 Å². The number of amides is 4. The predicted octanol–water partition coefficient (Wildman–Crippen LogP) is 3.59. The van der Waals surface area contributed by atoms with Gasteiger partial charge in [-0.2, -0.15) is 0 Å². The smallest absolute Gasteiger partial charge is 0.407 e. The largest absolute Gasteiger partial charge is 0.472 e. The molecule has 2 aromatic rings. The van der Waals surface area contributed by atoms with E-state index >= 15 is 0 Å². The number of cyclic esters (lactones) is 1. The zero-order valence-electron chi connectivity index (χ0n) is 28.6. The Morgan fingerprint density at radius 1 is 1.16 bits per heavy atom. The highest BCUT2D eigenvalue weighted by molar-refractivity contribution is 7.91. The second-order valence-electron chi connectivity index (χ2n) is 14.7. The maximum absolute atomic E-state index is 14.4. The van der Waals surface area contributed by atoms with Gasteiger partial charge in [-0.15, -0.1) is 6.58 Å². The van der Waals surface area contributed by atoms with Crippen molar-refractivity contribution in [1.82, 2.24) is 25.2 Å². The van der Waals surface area contributed by atoms with Crippen molar-refractivity contribution in [2.45, 2.75) is 94.7 Å². The van der Waals surface area contributed by atoms with Crippen molar-refractivity contribution in [2.75, 3.05) is 13.2 Å². The molecule has 0 spiro atoms. The summed E-state index contributed by atoms with van der Waals surface area (Å²) in [5, 5.41) is 6.56. The normalized spacial score (nSPS) is 28.3. The number of nitrogens with zero attached hydrogens (tertiary/aromatic N) is 2. The number of hydrogen-bond acceptors (Lipinski definition) is 9. The van der Waals surface area contributed by atoms with Gasteiger partial charge in [0.1, 0.15) is 23.7 Å². The summed E-state index contributed by atoms with van der Waals surface area (Å²) in [5.41, 5.74) is -1.37. The molecule has 5 atom stereocenters. The molecule has 50 heavy (non-hydrogen) atoms. The van der Waals surface area contributed by atoms with Crippen molar-refractivity contribution in [3.05, 3.63) is 54.8 Å². The van der Waals surface area contributed by atoms with Crippen LogP contribution in [0.25, 0.3) is 16.8 Å². The molecule has 4 aliphatic rings. The summed E-state index contributed by atoms with van der Waals surface area (Å²) < 4.78 is 39.3. The summed E-state index contributed by atoms with van der Waals surface area (Å²) in [5.74, 6) is -2.17. The molecule has 1 aromatic heterocycles. The topological polar surface area (TPSA) is 173 Å². The summed E-state index contributed by atoms with van der Waals surface area (Å²) in [6.07, 6.45) is 9.13. The van der Waals surface area contributed by atoms with E-state index in [1.54, 1.807) is 27.0 Å². The number of alkyl carbamates (subject to hydrolysis) is 1. The van der Waals surface area contributed by atoms with Gasteiger partial charge in [0, 0.05) is 23.9 Å². The van der Waals surface area contributed by atoms with E-state index in [9.17, 15) is 27.6 Å². The zero-order valence-corrected chi connectivity index (χ0v) is 29.5. The van der Waals surface area contributed by atoms with E-state index in [0.29, 0.717) is 25.1 Å². The molecule has 3 heterocycles. The number of nitrogens with one attached hydrogen (secondary N) is 3. The molecule has 3 fully saturated rings. The number of aromatic nitrogens is 1. The van der Waals surface area contributed by atoms with Crippen LogP contribution < -0.4 is 20.1 Å². The number of benzene rings is 1. The van der Waals surface area contributed by atoms with Gasteiger partial charge < -0.3 is 25.0 Å². The first kappa shape index (κ1) is 35.4. The summed E-state index contributed by atoms with van der Waals surface area (Å²) in [7, 11) is -3.88. The lowest BCUT2D eigenvalue weighted by Gasteiger charge is -2.35. The Balaban J connectivity index is 1.33. The highest BCUT2D eigenvalue weighted by atomic mass is 32.2. The first-order chi connectivity index (χ1) is 23.7. The number of ether oxygens (including phenoxy) is 2. The Morgan fingerprint density at radius 3 is 2.64 bits per heavy atom. The lowest BCUT2D eigenvalue weighted by molar-refractivity contribution is -0.142. The van der Waals surface area contributed by atoms with E-state index in [4.69, 9.17) is 9.47 Å². The van der Waals surface area contributed by atoms with Crippen LogP contribution in [0.1, 0.15) is 71.3 Å². The van der Waals surface area contributed by atoms with E-state index in [2.05, 4.69) is 33.0 Å². The molecule has 4 amide bonds. The van der Waals surface area contributed by atoms with Gasteiger partial charge in [0.05, 0.1) is 18.4 Å². The molecule has 2 aliphatic heterocycles. The number of allylic oxidation sites excluding steroid dienone is 1. The monoisotopic (exact) mass is 707 g/mol. The molecule has 1 unspecified atom stereocenters. The van der Waals surface area contributed by atoms with Gasteiger partial charge in [0.2, 0.25) is 27.7 Å². The Hall–Kier alpha value is -4.46. The average molecular weight is 708 g/mol. The number of hydrogen-bond donors (Lipinski definition) is 3. The maximum Gasteiger partial charge on any atom is 0.407 e. The summed E-state index contributed by atoms with van der Waals surface area (Å²) >= 11 is 0. The van der Waals surface area contributed by atoms with Crippen LogP contribution in [0.4, 0.5) is 4.79 Å². The lowest BCUT2D eigenvalue weighted by atomic mass is 9.85. The van der Waals surface area contributed by atoms with E-state index in [1.165, 1.54) is 11.0 Å². The molecule has 1 saturated heterocycles. The van der Waals surface area contributed by atoms with Crippen LogP contribution in [0.3, 0.4) is 0 Å². The SMILES string of the molecule is C=C[C@@H]1CC1(NC(=O)[C@@H]1C[C@@H]2CN1C(=O)[C@H](C(C)(C)C)NC(=O)OCCCC/C=C/c1ccc3ccnc(c3c1)O2)C(=O)NS(=O)(=O)C1CC1. The third-order valence-electron chi connectivity index (χ3n) is 9.81. The molecule has 3 N–H and O–H groups in total. The fourth-order valence-corrected chi connectivity index (χ4v) is 8.00. The van der Waals surface area contributed by atoms with Crippen LogP contribution in [0.2, 0.25) is 0 Å². The molecule has 2 saturated carbocycles. The van der Waals surface area contributed by atoms with Crippen molar-refractivity contribution in [1.29, 1.82) is 0 Å². The molecule has 2 aliphatic carbocycles. The van der Waals surface area contributed by atoms with E-state index < -0.39 is 74.1 Å². The lowest BCUT2D eigenvalue weighted by Crippen LogP contribution is -2.60. The summed E-state index contributed by atoms with van der Waals surface area (Å²) in [6.45, 7) is 9.32. The first-order valence-electron chi connectivity index (χ1n) is 17.2. The van der Waals surface area contributed by atoms with Crippen LogP contribution in [-0.4, -0.2) is 84.2 Å². The van der Waals surface area contributed by atoms with Crippen molar-refractivity contribution >= 4 is 50.7 Å². The molecular formula is C36H45N5O8S. The number of carbonyl (C=O) groups excluding carboxylic acids is 4. The Kier molecular flexibility index (Phi) is 9.68. The molecule has 0 radical (unpaired) electrons. The molecule has 14 heteroatoms. The van der Waals surface area contributed by atoms with Crippen molar-refractivity contribution in [2.24, 2.45) is 11.3 Å².